The van der Waals surface area contributed by atoms with Crippen LogP contribution in [0.4, 0.5) is 0 Å². The summed E-state index contributed by atoms with van der Waals surface area (Å²) in [4.78, 5) is 25.1. The van der Waals surface area contributed by atoms with Gasteiger partial charge < -0.3 is 0 Å². The highest BCUT2D eigenvalue weighted by atomic mass is 16.1. The van der Waals surface area contributed by atoms with Gasteiger partial charge in [-0.05, 0) is 31.0 Å². The van der Waals surface area contributed by atoms with Crippen LogP contribution in [0.15, 0.2) is 36.4 Å². The van der Waals surface area contributed by atoms with Gasteiger partial charge in [0.15, 0.2) is 11.6 Å². The number of ketones is 2. The minimum absolute atomic E-state index is 0.0312. The lowest BCUT2D eigenvalue weighted by Crippen LogP contribution is -2.21. The lowest BCUT2D eigenvalue weighted by atomic mass is 9.82. The van der Waals surface area contributed by atoms with Crippen LogP contribution in [-0.2, 0) is 6.42 Å². The fraction of sp³-hybridized carbons (Fsp3) is 0.222. The summed E-state index contributed by atoms with van der Waals surface area (Å²) in [6.07, 6.45) is 1.95. The van der Waals surface area contributed by atoms with Gasteiger partial charge in [-0.15, -0.1) is 0 Å². The minimum atomic E-state index is -0.0438. The second kappa shape index (κ2) is 4.71. The topological polar surface area (TPSA) is 34.1 Å². The van der Waals surface area contributed by atoms with Crippen LogP contribution in [0.1, 0.15) is 56.3 Å². The molecule has 0 spiro atoms. The monoisotopic (exact) mass is 264 g/mol. The normalized spacial score (nSPS) is 13.1. The van der Waals surface area contributed by atoms with Gasteiger partial charge in [0.2, 0.25) is 0 Å². The Morgan fingerprint density at radius 3 is 2.10 bits per heavy atom. The van der Waals surface area contributed by atoms with E-state index < -0.39 is 0 Å². The van der Waals surface area contributed by atoms with E-state index in [4.69, 9.17) is 0 Å². The molecule has 1 aliphatic carbocycles. The Morgan fingerprint density at radius 2 is 1.40 bits per heavy atom. The maximum Gasteiger partial charge on any atom is 0.194 e. The third-order valence-electron chi connectivity index (χ3n) is 3.78. The Hall–Kier alpha value is -2.22. The number of rotatable bonds is 2. The minimum Gasteiger partial charge on any atom is -0.289 e. The van der Waals surface area contributed by atoms with Crippen LogP contribution in [0, 0.1) is 6.92 Å². The van der Waals surface area contributed by atoms with E-state index >= 15 is 0 Å². The smallest absolute Gasteiger partial charge is 0.194 e. The maximum atomic E-state index is 12.6. The van der Waals surface area contributed by atoms with Crippen LogP contribution < -0.4 is 0 Å². The second-order valence-corrected chi connectivity index (χ2v) is 5.34. The van der Waals surface area contributed by atoms with Crippen molar-refractivity contribution in [2.45, 2.75) is 26.7 Å². The van der Waals surface area contributed by atoms with Gasteiger partial charge >= 0.3 is 0 Å². The molecule has 0 fully saturated rings. The number of carbonyl (C=O) groups excluding carboxylic acids is 2. The van der Waals surface area contributed by atoms with Gasteiger partial charge in [-0.3, -0.25) is 9.59 Å². The lowest BCUT2D eigenvalue weighted by molar-refractivity contribution is 0.0979. The van der Waals surface area contributed by atoms with Gasteiger partial charge in [-0.25, -0.2) is 0 Å². The predicted molar refractivity (Wildman–Crippen MR) is 78.5 cm³/mol. The quantitative estimate of drug-likeness (QED) is 0.707. The van der Waals surface area contributed by atoms with Crippen molar-refractivity contribution in [2.24, 2.45) is 0 Å². The molecule has 2 nitrogen and oxygen atoms in total. The number of benzene rings is 2. The average molecular weight is 264 g/mol. The van der Waals surface area contributed by atoms with E-state index in [0.29, 0.717) is 22.3 Å². The lowest BCUT2D eigenvalue weighted by Gasteiger charge is -2.18. The number of carbonyl (C=O) groups is 2. The van der Waals surface area contributed by atoms with E-state index in [1.807, 2.05) is 31.2 Å². The van der Waals surface area contributed by atoms with Crippen LogP contribution in [0.2, 0.25) is 0 Å². The van der Waals surface area contributed by atoms with E-state index in [2.05, 4.69) is 6.92 Å². The molecule has 0 saturated heterocycles. The molecule has 0 amide bonds. The van der Waals surface area contributed by atoms with Crippen LogP contribution in [0.3, 0.4) is 0 Å². The Balaban J connectivity index is 2.19. The molecule has 2 heteroatoms. The summed E-state index contributed by atoms with van der Waals surface area (Å²) in [5.41, 5.74) is 4.26. The SMILES string of the molecule is CCCc1ccc2c(c1)C(=O)c1cc(C)ccc1C2=O. The maximum absolute atomic E-state index is 12.6. The summed E-state index contributed by atoms with van der Waals surface area (Å²) in [6.45, 7) is 4.03. The Morgan fingerprint density at radius 1 is 0.800 bits per heavy atom. The molecule has 0 N–H and O–H groups in total. The molecule has 0 atom stereocenters. The first-order chi connectivity index (χ1) is 9.61. The van der Waals surface area contributed by atoms with E-state index in [0.717, 1.165) is 24.0 Å². The molecular formula is C18H16O2. The average Bonchev–Trinajstić information content (AvgIpc) is 2.45. The fourth-order valence-electron chi connectivity index (χ4n) is 2.76. The summed E-state index contributed by atoms with van der Waals surface area (Å²) >= 11 is 0. The van der Waals surface area contributed by atoms with Crippen molar-refractivity contribution >= 4 is 11.6 Å². The molecule has 0 unspecified atom stereocenters. The predicted octanol–water partition coefficient (Wildman–Crippen LogP) is 3.72. The van der Waals surface area contributed by atoms with Crippen molar-refractivity contribution in [1.29, 1.82) is 0 Å². The molecule has 20 heavy (non-hydrogen) atoms. The highest BCUT2D eigenvalue weighted by Crippen LogP contribution is 2.28. The number of aryl methyl sites for hydroxylation is 2. The highest BCUT2D eigenvalue weighted by molar-refractivity contribution is 6.28. The van der Waals surface area contributed by atoms with Crippen molar-refractivity contribution in [2.75, 3.05) is 0 Å². The van der Waals surface area contributed by atoms with E-state index in [1.165, 1.54) is 0 Å². The van der Waals surface area contributed by atoms with Crippen molar-refractivity contribution in [3.8, 4) is 0 Å². The van der Waals surface area contributed by atoms with Gasteiger partial charge in [0.25, 0.3) is 0 Å². The molecule has 0 radical (unpaired) electrons. The molecule has 3 rings (SSSR count). The zero-order valence-electron chi connectivity index (χ0n) is 11.7. The van der Waals surface area contributed by atoms with Crippen LogP contribution in [0.5, 0.6) is 0 Å². The first-order valence-corrected chi connectivity index (χ1v) is 6.94. The molecule has 0 aromatic heterocycles. The first-order valence-electron chi connectivity index (χ1n) is 6.94. The van der Waals surface area contributed by atoms with Gasteiger partial charge in [0, 0.05) is 22.3 Å². The van der Waals surface area contributed by atoms with E-state index in [1.54, 1.807) is 12.1 Å². The molecule has 1 aliphatic rings. The van der Waals surface area contributed by atoms with Crippen molar-refractivity contribution in [3.05, 3.63) is 69.8 Å². The molecule has 0 saturated carbocycles. The molecule has 2 aromatic carbocycles. The van der Waals surface area contributed by atoms with Gasteiger partial charge in [-0.1, -0.05) is 43.2 Å². The number of hydrogen-bond acceptors (Lipinski definition) is 2. The standard InChI is InChI=1S/C18H16O2/c1-3-4-12-6-8-14-16(10-12)18(20)15-9-11(2)5-7-13(15)17(14)19/h5-10H,3-4H2,1-2H3. The zero-order chi connectivity index (χ0) is 14.3. The molecule has 2 aromatic rings. The Labute approximate surface area is 118 Å². The number of fused-ring (bicyclic) bond motifs is 2. The van der Waals surface area contributed by atoms with Gasteiger partial charge in [-0.2, -0.15) is 0 Å². The van der Waals surface area contributed by atoms with Gasteiger partial charge in [0.05, 0.1) is 0 Å². The van der Waals surface area contributed by atoms with E-state index in [9.17, 15) is 9.59 Å². The molecule has 0 bridgehead atoms. The van der Waals surface area contributed by atoms with Crippen molar-refractivity contribution < 1.29 is 9.59 Å². The zero-order valence-corrected chi connectivity index (χ0v) is 11.7. The highest BCUT2D eigenvalue weighted by Gasteiger charge is 2.29. The molecule has 0 heterocycles. The Kier molecular flexibility index (Phi) is 3.01. The Bertz CT molecular complexity index is 726. The first kappa shape index (κ1) is 12.8. The molecule has 0 aliphatic heterocycles. The van der Waals surface area contributed by atoms with Crippen molar-refractivity contribution in [3.63, 3.8) is 0 Å². The van der Waals surface area contributed by atoms with Crippen molar-refractivity contribution in [1.82, 2.24) is 0 Å². The largest absolute Gasteiger partial charge is 0.289 e. The van der Waals surface area contributed by atoms with Crippen LogP contribution in [-0.4, -0.2) is 11.6 Å². The third kappa shape index (κ3) is 1.88. The summed E-state index contributed by atoms with van der Waals surface area (Å²) < 4.78 is 0. The second-order valence-electron chi connectivity index (χ2n) is 5.34. The van der Waals surface area contributed by atoms with Crippen LogP contribution in [0.25, 0.3) is 0 Å². The van der Waals surface area contributed by atoms with Crippen LogP contribution >= 0.6 is 0 Å². The number of hydrogen-bond donors (Lipinski definition) is 0. The third-order valence-corrected chi connectivity index (χ3v) is 3.78. The van der Waals surface area contributed by atoms with Gasteiger partial charge in [0.1, 0.15) is 0 Å². The summed E-state index contributed by atoms with van der Waals surface area (Å²) in [5.74, 6) is -0.0751. The van der Waals surface area contributed by atoms with E-state index in [-0.39, 0.29) is 11.6 Å². The molecule has 100 valence electrons. The fourth-order valence-corrected chi connectivity index (χ4v) is 2.76. The summed E-state index contributed by atoms with van der Waals surface area (Å²) in [6, 6.07) is 11.1. The molecular weight excluding hydrogens is 248 g/mol. The summed E-state index contributed by atoms with van der Waals surface area (Å²) in [7, 11) is 0. The summed E-state index contributed by atoms with van der Waals surface area (Å²) in [5, 5.41) is 0.